The lowest BCUT2D eigenvalue weighted by Gasteiger charge is -2.22. The van der Waals surface area contributed by atoms with Crippen LogP contribution in [0.15, 0.2) is 22.7 Å². The van der Waals surface area contributed by atoms with Gasteiger partial charge in [0.05, 0.1) is 17.6 Å². The second-order valence-corrected chi connectivity index (χ2v) is 5.71. The van der Waals surface area contributed by atoms with E-state index in [0.717, 1.165) is 0 Å². The molecule has 0 saturated heterocycles. The van der Waals surface area contributed by atoms with Gasteiger partial charge >= 0.3 is 5.69 Å². The van der Waals surface area contributed by atoms with E-state index < -0.39 is 10.5 Å². The number of benzene rings is 1. The number of rotatable bonds is 8. The Morgan fingerprint density at radius 2 is 2.29 bits per heavy atom. The summed E-state index contributed by atoms with van der Waals surface area (Å²) < 4.78 is 6.10. The van der Waals surface area contributed by atoms with E-state index in [9.17, 15) is 10.1 Å². The minimum absolute atomic E-state index is 0.0703. The first kappa shape index (κ1) is 17.4. The van der Waals surface area contributed by atoms with Gasteiger partial charge in [-0.15, -0.1) is 0 Å². The molecule has 0 radical (unpaired) electrons. The Morgan fingerprint density at radius 1 is 1.57 bits per heavy atom. The molecule has 6 nitrogen and oxygen atoms in total. The number of nitrogens with zero attached hydrogens (tertiary/aromatic N) is 2. The SMILES string of the molecule is CCNC(C)(C#N)CCCOc1ccc(Br)cc1[N+](=O)[O-]. The van der Waals surface area contributed by atoms with Gasteiger partial charge in [0.25, 0.3) is 0 Å². The van der Waals surface area contributed by atoms with Crippen molar-refractivity contribution < 1.29 is 9.66 Å². The average molecular weight is 356 g/mol. The number of nitrogens with one attached hydrogen (secondary N) is 1. The Labute approximate surface area is 132 Å². The first-order valence-corrected chi connectivity index (χ1v) is 7.44. The summed E-state index contributed by atoms with van der Waals surface area (Å²) in [6.45, 7) is 4.81. The summed E-state index contributed by atoms with van der Waals surface area (Å²) in [5.41, 5.74) is -0.664. The van der Waals surface area contributed by atoms with Crippen molar-refractivity contribution in [1.82, 2.24) is 5.32 Å². The predicted molar refractivity (Wildman–Crippen MR) is 83.2 cm³/mol. The quantitative estimate of drug-likeness (QED) is 0.438. The Balaban J connectivity index is 2.57. The van der Waals surface area contributed by atoms with E-state index in [1.165, 1.54) is 6.07 Å². The van der Waals surface area contributed by atoms with Gasteiger partial charge in [-0.05, 0) is 38.4 Å². The minimum Gasteiger partial charge on any atom is -0.487 e. The standard InChI is InChI=1S/C14H18BrN3O3/c1-3-17-14(2,10-16)7-4-8-21-13-6-5-11(15)9-12(13)18(19)20/h5-6,9,17H,3-4,7-8H2,1-2H3. The normalized spacial score (nSPS) is 13.2. The summed E-state index contributed by atoms with van der Waals surface area (Å²) in [7, 11) is 0. The Morgan fingerprint density at radius 3 is 2.86 bits per heavy atom. The molecule has 1 aromatic rings. The van der Waals surface area contributed by atoms with E-state index in [-0.39, 0.29) is 11.4 Å². The van der Waals surface area contributed by atoms with Crippen LogP contribution in [0.25, 0.3) is 0 Å². The topological polar surface area (TPSA) is 88.2 Å². The van der Waals surface area contributed by atoms with Crippen LogP contribution < -0.4 is 10.1 Å². The van der Waals surface area contributed by atoms with Crippen LogP contribution in [0.3, 0.4) is 0 Å². The molecule has 0 heterocycles. The van der Waals surface area contributed by atoms with E-state index in [1.54, 1.807) is 12.1 Å². The summed E-state index contributed by atoms with van der Waals surface area (Å²) in [5, 5.41) is 23.2. The minimum atomic E-state index is -0.593. The smallest absolute Gasteiger partial charge is 0.312 e. The summed E-state index contributed by atoms with van der Waals surface area (Å²) in [4.78, 5) is 10.5. The Kier molecular flexibility index (Phi) is 6.59. The van der Waals surface area contributed by atoms with E-state index in [0.29, 0.717) is 30.5 Å². The number of nitro benzene ring substituents is 1. The average Bonchev–Trinajstić information content (AvgIpc) is 2.45. The molecule has 0 aromatic heterocycles. The molecule has 0 bridgehead atoms. The molecule has 0 aliphatic rings. The highest BCUT2D eigenvalue weighted by Crippen LogP contribution is 2.30. The summed E-state index contributed by atoms with van der Waals surface area (Å²) >= 11 is 3.19. The maximum absolute atomic E-state index is 10.9. The van der Waals surface area contributed by atoms with Gasteiger partial charge < -0.3 is 4.74 Å². The molecule has 114 valence electrons. The first-order chi connectivity index (χ1) is 9.91. The fourth-order valence-electron chi connectivity index (χ4n) is 1.94. The van der Waals surface area contributed by atoms with Crippen molar-refractivity contribution in [1.29, 1.82) is 5.26 Å². The van der Waals surface area contributed by atoms with Crippen LogP contribution >= 0.6 is 15.9 Å². The van der Waals surface area contributed by atoms with Crippen LogP contribution in [0.4, 0.5) is 5.69 Å². The number of ether oxygens (including phenoxy) is 1. The van der Waals surface area contributed by atoms with Gasteiger partial charge in [0.15, 0.2) is 5.75 Å². The molecule has 0 amide bonds. The second-order valence-electron chi connectivity index (χ2n) is 4.80. The molecule has 1 rings (SSSR count). The number of nitro groups is 1. The largest absolute Gasteiger partial charge is 0.487 e. The highest BCUT2D eigenvalue weighted by molar-refractivity contribution is 9.10. The van der Waals surface area contributed by atoms with Gasteiger partial charge in [-0.1, -0.05) is 22.9 Å². The maximum Gasteiger partial charge on any atom is 0.312 e. The highest BCUT2D eigenvalue weighted by Gasteiger charge is 2.22. The van der Waals surface area contributed by atoms with Crippen LogP contribution in [0.5, 0.6) is 5.75 Å². The summed E-state index contributed by atoms with van der Waals surface area (Å²) in [6.07, 6.45) is 1.24. The van der Waals surface area contributed by atoms with E-state index in [1.807, 2.05) is 13.8 Å². The third kappa shape index (κ3) is 5.33. The van der Waals surface area contributed by atoms with E-state index in [2.05, 4.69) is 27.3 Å². The van der Waals surface area contributed by atoms with Crippen molar-refractivity contribution in [2.24, 2.45) is 0 Å². The fourth-order valence-corrected chi connectivity index (χ4v) is 2.29. The zero-order valence-corrected chi connectivity index (χ0v) is 13.6. The maximum atomic E-state index is 10.9. The van der Waals surface area contributed by atoms with Gasteiger partial charge in [0, 0.05) is 10.5 Å². The molecule has 0 spiro atoms. The lowest BCUT2D eigenvalue weighted by molar-refractivity contribution is -0.385. The molecule has 0 aliphatic carbocycles. The van der Waals surface area contributed by atoms with E-state index >= 15 is 0 Å². The molecule has 7 heteroatoms. The van der Waals surface area contributed by atoms with Crippen LogP contribution in [-0.4, -0.2) is 23.6 Å². The molecule has 0 aliphatic heterocycles. The zero-order chi connectivity index (χ0) is 15.9. The molecule has 1 aromatic carbocycles. The van der Waals surface area contributed by atoms with Crippen molar-refractivity contribution in [2.75, 3.05) is 13.2 Å². The third-order valence-corrected chi connectivity index (χ3v) is 3.50. The summed E-state index contributed by atoms with van der Waals surface area (Å²) in [5.74, 6) is 0.241. The third-order valence-electron chi connectivity index (χ3n) is 3.01. The van der Waals surface area contributed by atoms with Crippen LogP contribution in [0.2, 0.25) is 0 Å². The van der Waals surface area contributed by atoms with Crippen molar-refractivity contribution in [3.05, 3.63) is 32.8 Å². The monoisotopic (exact) mass is 355 g/mol. The van der Waals surface area contributed by atoms with Crippen molar-refractivity contribution in [3.63, 3.8) is 0 Å². The predicted octanol–water partition coefficient (Wildman–Crippen LogP) is 3.41. The van der Waals surface area contributed by atoms with E-state index in [4.69, 9.17) is 10.00 Å². The lowest BCUT2D eigenvalue weighted by atomic mass is 9.98. The Hall–Kier alpha value is -1.65. The van der Waals surface area contributed by atoms with Gasteiger partial charge in [-0.25, -0.2) is 0 Å². The van der Waals surface area contributed by atoms with Crippen molar-refractivity contribution >= 4 is 21.6 Å². The van der Waals surface area contributed by atoms with Gasteiger partial charge in [-0.2, -0.15) is 5.26 Å². The van der Waals surface area contributed by atoms with Crippen molar-refractivity contribution in [3.8, 4) is 11.8 Å². The van der Waals surface area contributed by atoms with Gasteiger partial charge in [-0.3, -0.25) is 15.4 Å². The number of hydrogen-bond donors (Lipinski definition) is 1. The summed E-state index contributed by atoms with van der Waals surface area (Å²) in [6, 6.07) is 6.90. The molecular formula is C14H18BrN3O3. The molecule has 1 N–H and O–H groups in total. The molecule has 1 unspecified atom stereocenters. The van der Waals surface area contributed by atoms with Gasteiger partial charge in [0.2, 0.25) is 0 Å². The molecule has 21 heavy (non-hydrogen) atoms. The van der Waals surface area contributed by atoms with Crippen LogP contribution in [-0.2, 0) is 0 Å². The zero-order valence-electron chi connectivity index (χ0n) is 12.1. The molecular weight excluding hydrogens is 338 g/mol. The second kappa shape index (κ2) is 7.96. The Bertz CT molecular complexity index is 545. The van der Waals surface area contributed by atoms with Crippen LogP contribution in [0.1, 0.15) is 26.7 Å². The molecule has 0 fully saturated rings. The lowest BCUT2D eigenvalue weighted by Crippen LogP contribution is -2.40. The van der Waals surface area contributed by atoms with Crippen molar-refractivity contribution in [2.45, 2.75) is 32.2 Å². The van der Waals surface area contributed by atoms with Crippen LogP contribution in [0, 0.1) is 21.4 Å². The first-order valence-electron chi connectivity index (χ1n) is 6.65. The number of hydrogen-bond acceptors (Lipinski definition) is 5. The van der Waals surface area contributed by atoms with Gasteiger partial charge in [0.1, 0.15) is 5.54 Å². The highest BCUT2D eigenvalue weighted by atomic mass is 79.9. The fraction of sp³-hybridized carbons (Fsp3) is 0.500. The molecule has 0 saturated carbocycles. The number of halogens is 1. The number of nitriles is 1. The molecule has 1 atom stereocenters.